The van der Waals surface area contributed by atoms with E-state index in [9.17, 15) is 4.79 Å². The molecule has 1 aromatic heterocycles. The summed E-state index contributed by atoms with van der Waals surface area (Å²) in [5.41, 5.74) is 5.92. The average molecular weight is 305 g/mol. The minimum Gasteiger partial charge on any atom is -0.288 e. The largest absolute Gasteiger partial charge is 0.288 e. The van der Waals surface area contributed by atoms with Gasteiger partial charge in [-0.2, -0.15) is 5.10 Å². The molecule has 23 heavy (non-hydrogen) atoms. The molecule has 3 aromatic rings. The first-order valence-corrected chi connectivity index (χ1v) is 7.10. The fraction of sp³-hybridized carbons (Fsp3) is 0.0588. The number of rotatable bonds is 4. The molecule has 114 valence electrons. The first kappa shape index (κ1) is 14.6. The van der Waals surface area contributed by atoms with Crippen molar-refractivity contribution in [3.8, 4) is 11.1 Å². The van der Waals surface area contributed by atoms with Crippen LogP contribution >= 0.6 is 0 Å². The Balaban J connectivity index is 1.68. The predicted octanol–water partition coefficient (Wildman–Crippen LogP) is 2.59. The molecule has 0 aliphatic heterocycles. The Bertz CT molecular complexity index is 869. The van der Waals surface area contributed by atoms with Crippen molar-refractivity contribution in [3.05, 3.63) is 76.2 Å². The molecule has 0 bridgehead atoms. The van der Waals surface area contributed by atoms with Gasteiger partial charge in [0.05, 0.1) is 6.21 Å². The number of benzene rings is 2. The topological polar surface area (TPSA) is 83.0 Å². The summed E-state index contributed by atoms with van der Waals surface area (Å²) in [6.07, 6.45) is 1.65. The Morgan fingerprint density at radius 2 is 1.70 bits per heavy atom. The highest BCUT2D eigenvalue weighted by atomic mass is 16.1. The van der Waals surface area contributed by atoms with E-state index in [1.807, 2.05) is 42.5 Å². The highest BCUT2D eigenvalue weighted by Crippen LogP contribution is 2.18. The predicted molar refractivity (Wildman–Crippen MR) is 90.5 cm³/mol. The second-order valence-corrected chi connectivity index (χ2v) is 4.95. The number of nitrogens with zero attached hydrogens (tertiary/aromatic N) is 3. The van der Waals surface area contributed by atoms with Gasteiger partial charge in [-0.1, -0.05) is 54.6 Å². The summed E-state index contributed by atoms with van der Waals surface area (Å²) in [7, 11) is 0. The lowest BCUT2D eigenvalue weighted by molar-refractivity contribution is 0.897. The van der Waals surface area contributed by atoms with Crippen LogP contribution in [0.1, 0.15) is 11.3 Å². The van der Waals surface area contributed by atoms with Crippen LogP contribution in [0.5, 0.6) is 0 Å². The number of hydrazone groups is 1. The molecular formula is C17H15N5O. The molecule has 0 fully saturated rings. The van der Waals surface area contributed by atoms with Crippen LogP contribution in [0.2, 0.25) is 0 Å². The van der Waals surface area contributed by atoms with E-state index in [4.69, 9.17) is 0 Å². The lowest BCUT2D eigenvalue weighted by atomic mass is 10.0. The van der Waals surface area contributed by atoms with Gasteiger partial charge in [-0.25, -0.2) is 5.43 Å². The number of H-pyrrole nitrogens is 1. The number of anilines is 1. The maximum atomic E-state index is 11.4. The SMILES string of the molecule is Cc1nnc(N/N=C\c2ccc(-c3ccccc3)cc2)[nH]c1=O. The lowest BCUT2D eigenvalue weighted by Gasteiger charge is -2.02. The number of aryl methyl sites for hydroxylation is 1. The van der Waals surface area contributed by atoms with Gasteiger partial charge in [0.2, 0.25) is 5.95 Å². The normalized spacial score (nSPS) is 10.8. The summed E-state index contributed by atoms with van der Waals surface area (Å²) in [6, 6.07) is 18.2. The molecule has 1 heterocycles. The molecular weight excluding hydrogens is 290 g/mol. The molecule has 3 rings (SSSR count). The third kappa shape index (κ3) is 3.68. The van der Waals surface area contributed by atoms with Crippen LogP contribution in [0.4, 0.5) is 5.95 Å². The Hall–Kier alpha value is -3.28. The summed E-state index contributed by atoms with van der Waals surface area (Å²) >= 11 is 0. The van der Waals surface area contributed by atoms with Gasteiger partial charge >= 0.3 is 0 Å². The van der Waals surface area contributed by atoms with Crippen molar-refractivity contribution in [3.63, 3.8) is 0 Å². The Morgan fingerprint density at radius 1 is 1.00 bits per heavy atom. The van der Waals surface area contributed by atoms with Crippen LogP contribution in [0.25, 0.3) is 11.1 Å². The Labute approximate surface area is 132 Å². The number of nitrogens with one attached hydrogen (secondary N) is 2. The van der Waals surface area contributed by atoms with Crippen molar-refractivity contribution in [1.82, 2.24) is 15.2 Å². The van der Waals surface area contributed by atoms with Gasteiger partial charge in [0.25, 0.3) is 5.56 Å². The summed E-state index contributed by atoms with van der Waals surface area (Å²) in [6.45, 7) is 1.59. The van der Waals surface area contributed by atoms with Gasteiger partial charge in [-0.3, -0.25) is 9.78 Å². The van der Waals surface area contributed by atoms with E-state index >= 15 is 0 Å². The smallest absolute Gasteiger partial charge is 0.274 e. The highest BCUT2D eigenvalue weighted by molar-refractivity contribution is 5.81. The zero-order valence-corrected chi connectivity index (χ0v) is 12.5. The third-order valence-corrected chi connectivity index (χ3v) is 3.26. The maximum absolute atomic E-state index is 11.4. The van der Waals surface area contributed by atoms with Crippen molar-refractivity contribution in [2.45, 2.75) is 6.92 Å². The van der Waals surface area contributed by atoms with E-state index < -0.39 is 0 Å². The molecule has 0 amide bonds. The summed E-state index contributed by atoms with van der Waals surface area (Å²) in [5.74, 6) is 0.206. The number of aromatic nitrogens is 3. The van der Waals surface area contributed by atoms with Crippen LogP contribution in [-0.2, 0) is 0 Å². The molecule has 0 spiro atoms. The molecule has 6 heteroatoms. The number of hydrogen-bond acceptors (Lipinski definition) is 5. The molecule has 2 aromatic carbocycles. The first-order valence-electron chi connectivity index (χ1n) is 7.10. The van der Waals surface area contributed by atoms with Crippen LogP contribution in [0.3, 0.4) is 0 Å². The first-order chi connectivity index (χ1) is 11.2. The van der Waals surface area contributed by atoms with Gasteiger partial charge in [-0.15, -0.1) is 10.2 Å². The monoisotopic (exact) mass is 305 g/mol. The zero-order chi connectivity index (χ0) is 16.1. The summed E-state index contributed by atoms with van der Waals surface area (Å²) in [5, 5.41) is 11.6. The van der Waals surface area contributed by atoms with Gasteiger partial charge in [0, 0.05) is 0 Å². The molecule has 0 aliphatic carbocycles. The van der Waals surface area contributed by atoms with Crippen molar-refractivity contribution in [2.75, 3.05) is 5.43 Å². The number of aromatic amines is 1. The van der Waals surface area contributed by atoms with E-state index in [0.717, 1.165) is 11.1 Å². The standard InChI is InChI=1S/C17H15N5O/c1-12-16(23)19-17(22-20-12)21-18-11-13-7-9-15(10-8-13)14-5-3-2-4-6-14/h2-11H,1H3,(H2,19,21,22,23)/b18-11-. The third-order valence-electron chi connectivity index (χ3n) is 3.26. The van der Waals surface area contributed by atoms with Gasteiger partial charge in [-0.05, 0) is 23.6 Å². The van der Waals surface area contributed by atoms with Crippen molar-refractivity contribution in [1.29, 1.82) is 0 Å². The van der Waals surface area contributed by atoms with Crippen LogP contribution in [-0.4, -0.2) is 21.4 Å². The Morgan fingerprint density at radius 3 is 2.39 bits per heavy atom. The van der Waals surface area contributed by atoms with E-state index in [0.29, 0.717) is 5.69 Å². The van der Waals surface area contributed by atoms with Crippen molar-refractivity contribution < 1.29 is 0 Å². The molecule has 0 atom stereocenters. The maximum Gasteiger partial charge on any atom is 0.274 e. The van der Waals surface area contributed by atoms with E-state index in [2.05, 4.69) is 37.8 Å². The Kier molecular flexibility index (Phi) is 4.24. The van der Waals surface area contributed by atoms with Crippen LogP contribution in [0.15, 0.2) is 64.5 Å². The molecule has 2 N–H and O–H groups in total. The summed E-state index contributed by atoms with van der Waals surface area (Å²) in [4.78, 5) is 13.9. The van der Waals surface area contributed by atoms with E-state index in [1.54, 1.807) is 13.1 Å². The fourth-order valence-corrected chi connectivity index (χ4v) is 2.00. The molecule has 0 saturated heterocycles. The molecule has 0 saturated carbocycles. The second-order valence-electron chi connectivity index (χ2n) is 4.95. The number of hydrogen-bond donors (Lipinski definition) is 2. The molecule has 0 radical (unpaired) electrons. The molecule has 6 nitrogen and oxygen atoms in total. The average Bonchev–Trinajstić information content (AvgIpc) is 2.59. The second kappa shape index (κ2) is 6.65. The zero-order valence-electron chi connectivity index (χ0n) is 12.5. The minimum atomic E-state index is -0.287. The van der Waals surface area contributed by atoms with E-state index in [-0.39, 0.29) is 11.5 Å². The van der Waals surface area contributed by atoms with Gasteiger partial charge in [0.15, 0.2) is 0 Å². The van der Waals surface area contributed by atoms with Crippen molar-refractivity contribution in [2.24, 2.45) is 5.10 Å². The molecule has 0 unspecified atom stereocenters. The van der Waals surface area contributed by atoms with Gasteiger partial charge < -0.3 is 0 Å². The van der Waals surface area contributed by atoms with E-state index in [1.165, 1.54) is 5.56 Å². The van der Waals surface area contributed by atoms with Crippen LogP contribution in [0, 0.1) is 6.92 Å². The quantitative estimate of drug-likeness (QED) is 0.573. The van der Waals surface area contributed by atoms with Crippen LogP contribution < -0.4 is 11.0 Å². The fourth-order valence-electron chi connectivity index (χ4n) is 2.00. The van der Waals surface area contributed by atoms with Crippen molar-refractivity contribution >= 4 is 12.2 Å². The van der Waals surface area contributed by atoms with Gasteiger partial charge in [0.1, 0.15) is 5.69 Å². The summed E-state index contributed by atoms with van der Waals surface area (Å²) < 4.78 is 0. The minimum absolute atomic E-state index is 0.206. The highest BCUT2D eigenvalue weighted by Gasteiger charge is 1.98. The molecule has 0 aliphatic rings. The lowest BCUT2D eigenvalue weighted by Crippen LogP contribution is -2.15.